The Hall–Kier alpha value is -1.73. The lowest BCUT2D eigenvalue weighted by atomic mass is 9.72. The Morgan fingerprint density at radius 3 is 2.79 bits per heavy atom. The normalized spacial score (nSPS) is 32.7. The second-order valence-electron chi connectivity index (χ2n) is 10.1. The van der Waals surface area contributed by atoms with Gasteiger partial charge in [0.25, 0.3) is 0 Å². The molecule has 4 atom stereocenters. The summed E-state index contributed by atoms with van der Waals surface area (Å²) >= 11 is 0. The maximum atomic E-state index is 4.79. The summed E-state index contributed by atoms with van der Waals surface area (Å²) in [6, 6.07) is 3.77. The Morgan fingerprint density at radius 1 is 1.10 bits per heavy atom. The number of rotatable bonds is 4. The maximum absolute atomic E-state index is 4.79. The second-order valence-corrected chi connectivity index (χ2v) is 10.1. The molecule has 7 nitrogen and oxygen atoms in total. The first-order chi connectivity index (χ1) is 14.2. The smallest absolute Gasteiger partial charge is 0.200 e. The molecule has 1 aliphatic carbocycles. The molecule has 0 radical (unpaired) electrons. The molecule has 5 heterocycles. The van der Waals surface area contributed by atoms with Crippen LogP contribution in [0.25, 0.3) is 5.65 Å². The van der Waals surface area contributed by atoms with Gasteiger partial charge in [-0.15, -0.1) is 10.2 Å². The largest absolute Gasteiger partial charge is 0.368 e. The van der Waals surface area contributed by atoms with E-state index in [-0.39, 0.29) is 0 Å². The molecule has 29 heavy (non-hydrogen) atoms. The van der Waals surface area contributed by atoms with Crippen molar-refractivity contribution in [2.45, 2.75) is 56.5 Å². The van der Waals surface area contributed by atoms with Crippen molar-refractivity contribution in [3.63, 3.8) is 0 Å². The van der Waals surface area contributed by atoms with Crippen molar-refractivity contribution in [3.05, 3.63) is 18.1 Å². The molecule has 3 aliphatic heterocycles. The summed E-state index contributed by atoms with van der Waals surface area (Å²) in [7, 11) is 4.46. The van der Waals surface area contributed by atoms with Crippen LogP contribution in [0, 0.1) is 11.8 Å². The molecular formula is C22H33N7. The lowest BCUT2D eigenvalue weighted by molar-refractivity contribution is -0.0399. The van der Waals surface area contributed by atoms with E-state index >= 15 is 0 Å². The quantitative estimate of drug-likeness (QED) is 0.791. The van der Waals surface area contributed by atoms with Gasteiger partial charge in [0.2, 0.25) is 5.65 Å². The molecule has 6 rings (SSSR count). The molecule has 0 aromatic carbocycles. The molecule has 7 heteroatoms. The summed E-state index contributed by atoms with van der Waals surface area (Å²) in [5.41, 5.74) is 3.42. The second kappa shape index (κ2) is 6.91. The van der Waals surface area contributed by atoms with Gasteiger partial charge in [0.05, 0.1) is 11.4 Å². The molecule has 0 N–H and O–H groups in total. The highest BCUT2D eigenvalue weighted by Gasteiger charge is 2.47. The van der Waals surface area contributed by atoms with E-state index in [1.165, 1.54) is 63.0 Å². The van der Waals surface area contributed by atoms with E-state index in [0.717, 1.165) is 36.6 Å². The van der Waals surface area contributed by atoms with E-state index < -0.39 is 0 Å². The van der Waals surface area contributed by atoms with Crippen LogP contribution >= 0.6 is 0 Å². The van der Waals surface area contributed by atoms with Gasteiger partial charge in [-0.05, 0) is 70.6 Å². The van der Waals surface area contributed by atoms with Crippen molar-refractivity contribution in [1.82, 2.24) is 29.6 Å². The molecule has 2 bridgehead atoms. The average molecular weight is 396 g/mol. The highest BCUT2D eigenvalue weighted by atomic mass is 15.4. The zero-order valence-electron chi connectivity index (χ0n) is 17.7. The molecule has 4 aliphatic rings. The van der Waals surface area contributed by atoms with E-state index in [2.05, 4.69) is 45.1 Å². The molecule has 0 amide bonds. The SMILES string of the molecule is CN(C)C[C@H]1[C@H]2C[C@H](CN(c3cc(C4CC4)nn4cnnc34)C2)[C@@H]2CCCCN21. The maximum Gasteiger partial charge on any atom is 0.200 e. The standard InChI is InChI=1S/C22H33N7/c1-26(2)13-21-17-9-16(19-5-3-4-8-28(19)21)11-27(12-17)20-10-18(15-6-7-15)25-29-14-23-24-22(20)29/h10,14-17,19,21H,3-9,11-13H2,1-2H3/t16-,17+,19+,21+/m1/s1. The molecule has 3 saturated heterocycles. The molecule has 1 saturated carbocycles. The van der Waals surface area contributed by atoms with E-state index in [4.69, 9.17) is 5.10 Å². The number of likely N-dealkylation sites (N-methyl/N-ethyl adjacent to an activating group) is 1. The minimum Gasteiger partial charge on any atom is -0.368 e. The van der Waals surface area contributed by atoms with Gasteiger partial charge in [0.1, 0.15) is 6.33 Å². The highest BCUT2D eigenvalue weighted by molar-refractivity contribution is 5.69. The third-order valence-electron chi connectivity index (χ3n) is 7.78. The summed E-state index contributed by atoms with van der Waals surface area (Å²) < 4.78 is 1.91. The van der Waals surface area contributed by atoms with Crippen LogP contribution in [0.2, 0.25) is 0 Å². The first kappa shape index (κ1) is 18.1. The van der Waals surface area contributed by atoms with Gasteiger partial charge in [-0.1, -0.05) is 6.42 Å². The fourth-order valence-corrected chi connectivity index (χ4v) is 6.37. The summed E-state index contributed by atoms with van der Waals surface area (Å²) in [4.78, 5) is 7.93. The van der Waals surface area contributed by atoms with Crippen molar-refractivity contribution < 1.29 is 0 Å². The lowest BCUT2D eigenvalue weighted by Gasteiger charge is -2.57. The fraction of sp³-hybridized carbons (Fsp3) is 0.773. The number of anilines is 1. The molecular weight excluding hydrogens is 362 g/mol. The Bertz CT molecular complexity index is 888. The summed E-state index contributed by atoms with van der Waals surface area (Å²) in [6.45, 7) is 4.76. The molecule has 0 spiro atoms. The Balaban J connectivity index is 1.36. The van der Waals surface area contributed by atoms with Crippen LogP contribution in [0.1, 0.15) is 50.1 Å². The van der Waals surface area contributed by atoms with Gasteiger partial charge in [0.15, 0.2) is 0 Å². The minimum absolute atomic E-state index is 0.639. The van der Waals surface area contributed by atoms with Crippen LogP contribution in [0.4, 0.5) is 5.69 Å². The highest BCUT2D eigenvalue weighted by Crippen LogP contribution is 2.44. The van der Waals surface area contributed by atoms with Crippen molar-refractivity contribution in [2.75, 3.05) is 45.2 Å². The van der Waals surface area contributed by atoms with Crippen LogP contribution < -0.4 is 4.90 Å². The third-order valence-corrected chi connectivity index (χ3v) is 7.78. The van der Waals surface area contributed by atoms with E-state index in [1.807, 2.05) is 4.52 Å². The van der Waals surface area contributed by atoms with Gasteiger partial charge in [0, 0.05) is 37.6 Å². The van der Waals surface area contributed by atoms with Gasteiger partial charge < -0.3 is 9.80 Å². The van der Waals surface area contributed by atoms with Crippen molar-refractivity contribution in [3.8, 4) is 0 Å². The molecule has 156 valence electrons. The fourth-order valence-electron chi connectivity index (χ4n) is 6.37. The van der Waals surface area contributed by atoms with Crippen LogP contribution in [0.15, 0.2) is 12.4 Å². The number of aromatic nitrogens is 4. The number of hydrogen-bond acceptors (Lipinski definition) is 6. The number of hydrogen-bond donors (Lipinski definition) is 0. The first-order valence-electron chi connectivity index (χ1n) is 11.5. The molecule has 2 aromatic heterocycles. The predicted molar refractivity (Wildman–Crippen MR) is 113 cm³/mol. The van der Waals surface area contributed by atoms with Crippen molar-refractivity contribution in [2.24, 2.45) is 11.8 Å². The topological polar surface area (TPSA) is 52.8 Å². The first-order valence-corrected chi connectivity index (χ1v) is 11.5. The van der Waals surface area contributed by atoms with Gasteiger partial charge in [-0.25, -0.2) is 0 Å². The Kier molecular flexibility index (Phi) is 4.31. The van der Waals surface area contributed by atoms with E-state index in [0.29, 0.717) is 12.0 Å². The molecule has 2 aromatic rings. The lowest BCUT2D eigenvalue weighted by Crippen LogP contribution is -2.65. The summed E-state index contributed by atoms with van der Waals surface area (Å²) in [5, 5.41) is 13.4. The van der Waals surface area contributed by atoms with Crippen LogP contribution in [-0.2, 0) is 0 Å². The van der Waals surface area contributed by atoms with Crippen LogP contribution in [0.3, 0.4) is 0 Å². The zero-order valence-corrected chi connectivity index (χ0v) is 17.7. The van der Waals surface area contributed by atoms with Crippen molar-refractivity contribution >= 4 is 11.3 Å². The van der Waals surface area contributed by atoms with Gasteiger partial charge in [-0.2, -0.15) is 9.61 Å². The number of fused-ring (bicyclic) bond motifs is 5. The Morgan fingerprint density at radius 2 is 1.97 bits per heavy atom. The monoisotopic (exact) mass is 395 g/mol. The van der Waals surface area contributed by atoms with Crippen molar-refractivity contribution in [1.29, 1.82) is 0 Å². The predicted octanol–water partition coefficient (Wildman–Crippen LogP) is 2.24. The zero-order chi connectivity index (χ0) is 19.5. The minimum atomic E-state index is 0.639. The number of nitrogens with zero attached hydrogens (tertiary/aromatic N) is 7. The summed E-state index contributed by atoms with van der Waals surface area (Å²) in [5.74, 6) is 2.14. The summed E-state index contributed by atoms with van der Waals surface area (Å²) in [6.07, 6.45) is 9.85. The van der Waals surface area contributed by atoms with Gasteiger partial charge in [-0.3, -0.25) is 4.90 Å². The van der Waals surface area contributed by atoms with E-state index in [9.17, 15) is 0 Å². The van der Waals surface area contributed by atoms with Gasteiger partial charge >= 0.3 is 0 Å². The number of piperidine rings is 3. The molecule has 4 fully saturated rings. The average Bonchev–Trinajstić information content (AvgIpc) is 3.47. The van der Waals surface area contributed by atoms with Crippen LogP contribution in [0.5, 0.6) is 0 Å². The molecule has 0 unspecified atom stereocenters. The van der Waals surface area contributed by atoms with Crippen LogP contribution in [-0.4, -0.2) is 82.0 Å². The third kappa shape index (κ3) is 3.13. The van der Waals surface area contributed by atoms with E-state index in [1.54, 1.807) is 6.33 Å². The Labute approximate surface area is 173 Å².